The van der Waals surface area contributed by atoms with Crippen molar-refractivity contribution in [2.24, 2.45) is 0 Å². The third kappa shape index (κ3) is 3.13. The molecular weight excluding hydrogens is 226 g/mol. The molecule has 1 atom stereocenters. The van der Waals surface area contributed by atoms with Crippen LogP contribution in [0.3, 0.4) is 0 Å². The molecule has 2 rings (SSSR count). The molecule has 0 aromatic heterocycles. The predicted octanol–water partition coefficient (Wildman–Crippen LogP) is 3.49. The average Bonchev–Trinajstić information content (AvgIpc) is 2.25. The molecule has 1 aromatic carbocycles. The highest BCUT2D eigenvalue weighted by atomic mass is 35.5. The summed E-state index contributed by atoms with van der Waals surface area (Å²) in [4.78, 5) is 1.34. The number of piperidine rings is 1. The zero-order chi connectivity index (χ0) is 10.7. The van der Waals surface area contributed by atoms with Gasteiger partial charge in [0.05, 0.1) is 0 Å². The van der Waals surface area contributed by atoms with Gasteiger partial charge in [-0.3, -0.25) is 0 Å². The van der Waals surface area contributed by atoms with E-state index in [1.165, 1.54) is 29.8 Å². The lowest BCUT2D eigenvalue weighted by molar-refractivity contribution is 0.531. The Bertz CT molecular complexity index is 334. The van der Waals surface area contributed by atoms with Gasteiger partial charge < -0.3 is 5.32 Å². The summed E-state index contributed by atoms with van der Waals surface area (Å²) in [6, 6.07) is 6.30. The van der Waals surface area contributed by atoms with Gasteiger partial charge in [-0.25, -0.2) is 0 Å². The van der Waals surface area contributed by atoms with Crippen LogP contribution in [0.25, 0.3) is 0 Å². The molecule has 1 fully saturated rings. The highest BCUT2D eigenvalue weighted by Crippen LogP contribution is 2.29. The first-order valence-electron chi connectivity index (χ1n) is 5.39. The summed E-state index contributed by atoms with van der Waals surface area (Å²) in [5.41, 5.74) is 1.17. The summed E-state index contributed by atoms with van der Waals surface area (Å²) < 4.78 is 0. The van der Waals surface area contributed by atoms with Crippen LogP contribution in [-0.4, -0.2) is 18.3 Å². The van der Waals surface area contributed by atoms with Crippen LogP contribution in [0, 0.1) is 6.92 Å². The van der Waals surface area contributed by atoms with Crippen LogP contribution in [0.4, 0.5) is 0 Å². The maximum absolute atomic E-state index is 6.00. The Labute approximate surface area is 101 Å². The van der Waals surface area contributed by atoms with E-state index in [1.54, 1.807) is 0 Å². The van der Waals surface area contributed by atoms with Gasteiger partial charge in [-0.1, -0.05) is 11.6 Å². The van der Waals surface area contributed by atoms with Gasteiger partial charge in [0.25, 0.3) is 0 Å². The molecule has 1 aliphatic heterocycles. The summed E-state index contributed by atoms with van der Waals surface area (Å²) in [7, 11) is 0. The van der Waals surface area contributed by atoms with E-state index in [0.29, 0.717) is 0 Å². The number of nitrogens with one attached hydrogen (secondary N) is 1. The molecule has 1 aromatic rings. The third-order valence-electron chi connectivity index (χ3n) is 2.68. The summed E-state index contributed by atoms with van der Waals surface area (Å²) in [6.45, 7) is 4.37. The Kier molecular flexibility index (Phi) is 3.95. The van der Waals surface area contributed by atoms with Crippen LogP contribution in [-0.2, 0) is 0 Å². The van der Waals surface area contributed by atoms with Crippen molar-refractivity contribution in [3.63, 3.8) is 0 Å². The Balaban J connectivity index is 2.00. The molecule has 0 spiro atoms. The molecule has 0 amide bonds. The lowest BCUT2D eigenvalue weighted by atomic mass is 10.2. The van der Waals surface area contributed by atoms with Gasteiger partial charge in [0.2, 0.25) is 0 Å². The number of hydrogen-bond donors (Lipinski definition) is 1. The van der Waals surface area contributed by atoms with Gasteiger partial charge in [0, 0.05) is 21.7 Å². The highest BCUT2D eigenvalue weighted by Gasteiger charge is 2.14. The minimum Gasteiger partial charge on any atom is -0.316 e. The van der Waals surface area contributed by atoms with Crippen molar-refractivity contribution in [2.75, 3.05) is 13.1 Å². The maximum Gasteiger partial charge on any atom is 0.0435 e. The zero-order valence-electron chi connectivity index (χ0n) is 8.92. The fraction of sp³-hybridized carbons (Fsp3) is 0.500. The van der Waals surface area contributed by atoms with Crippen molar-refractivity contribution in [2.45, 2.75) is 29.9 Å². The molecule has 1 heterocycles. The molecule has 1 nitrogen and oxygen atoms in total. The predicted molar refractivity (Wildman–Crippen MR) is 67.9 cm³/mol. The number of aryl methyl sites for hydroxylation is 1. The van der Waals surface area contributed by atoms with E-state index in [2.05, 4.69) is 24.4 Å². The van der Waals surface area contributed by atoms with Crippen molar-refractivity contribution >= 4 is 23.4 Å². The summed E-state index contributed by atoms with van der Waals surface area (Å²) in [5.74, 6) is 0. The quantitative estimate of drug-likeness (QED) is 0.851. The minimum atomic E-state index is 0.722. The number of halogens is 1. The van der Waals surface area contributed by atoms with E-state index in [0.717, 1.165) is 16.8 Å². The van der Waals surface area contributed by atoms with Gasteiger partial charge in [-0.2, -0.15) is 0 Å². The molecule has 0 bridgehead atoms. The number of hydrogen-bond acceptors (Lipinski definition) is 2. The van der Waals surface area contributed by atoms with Gasteiger partial charge >= 0.3 is 0 Å². The second kappa shape index (κ2) is 5.24. The molecule has 1 N–H and O–H groups in total. The van der Waals surface area contributed by atoms with Crippen molar-refractivity contribution in [3.8, 4) is 0 Å². The molecule has 3 heteroatoms. The second-order valence-electron chi connectivity index (χ2n) is 4.00. The van der Waals surface area contributed by atoms with Gasteiger partial charge in [-0.05, 0) is 50.1 Å². The van der Waals surface area contributed by atoms with E-state index in [4.69, 9.17) is 11.6 Å². The smallest absolute Gasteiger partial charge is 0.0435 e. The molecule has 1 aliphatic rings. The maximum atomic E-state index is 6.00. The van der Waals surface area contributed by atoms with Gasteiger partial charge in [0.15, 0.2) is 0 Å². The highest BCUT2D eigenvalue weighted by molar-refractivity contribution is 8.00. The van der Waals surface area contributed by atoms with E-state index < -0.39 is 0 Å². The van der Waals surface area contributed by atoms with E-state index in [9.17, 15) is 0 Å². The Morgan fingerprint density at radius 1 is 1.47 bits per heavy atom. The topological polar surface area (TPSA) is 12.0 Å². The molecule has 15 heavy (non-hydrogen) atoms. The lowest BCUT2D eigenvalue weighted by Gasteiger charge is -2.22. The third-order valence-corrected chi connectivity index (χ3v) is 4.37. The molecule has 1 saturated heterocycles. The summed E-state index contributed by atoms with van der Waals surface area (Å²) >= 11 is 7.97. The van der Waals surface area contributed by atoms with E-state index in [1.807, 2.05) is 17.8 Å². The second-order valence-corrected chi connectivity index (χ2v) is 5.78. The molecule has 82 valence electrons. The SMILES string of the molecule is Cc1cc(SC2CCCNC2)ccc1Cl. The minimum absolute atomic E-state index is 0.722. The standard InChI is InChI=1S/C12H16ClNS/c1-9-7-10(4-5-12(9)13)15-11-3-2-6-14-8-11/h4-5,7,11,14H,2-3,6,8H2,1H3. The Morgan fingerprint density at radius 2 is 2.33 bits per heavy atom. The Morgan fingerprint density at radius 3 is 3.00 bits per heavy atom. The first kappa shape index (κ1) is 11.3. The van der Waals surface area contributed by atoms with Crippen molar-refractivity contribution in [1.82, 2.24) is 5.32 Å². The first-order valence-corrected chi connectivity index (χ1v) is 6.65. The van der Waals surface area contributed by atoms with Gasteiger partial charge in [0.1, 0.15) is 0 Å². The number of rotatable bonds is 2. The van der Waals surface area contributed by atoms with Crippen LogP contribution in [0.15, 0.2) is 23.1 Å². The van der Waals surface area contributed by atoms with Crippen molar-refractivity contribution in [1.29, 1.82) is 0 Å². The summed E-state index contributed by atoms with van der Waals surface area (Å²) in [5, 5.41) is 5.02. The molecule has 0 radical (unpaired) electrons. The van der Waals surface area contributed by atoms with Crippen molar-refractivity contribution in [3.05, 3.63) is 28.8 Å². The number of thioether (sulfide) groups is 1. The van der Waals surface area contributed by atoms with Crippen LogP contribution in [0.1, 0.15) is 18.4 Å². The zero-order valence-corrected chi connectivity index (χ0v) is 10.5. The number of benzene rings is 1. The van der Waals surface area contributed by atoms with Crippen molar-refractivity contribution < 1.29 is 0 Å². The molecule has 0 saturated carbocycles. The average molecular weight is 242 g/mol. The fourth-order valence-corrected chi connectivity index (χ4v) is 3.18. The van der Waals surface area contributed by atoms with Crippen LogP contribution in [0.5, 0.6) is 0 Å². The first-order chi connectivity index (χ1) is 7.25. The van der Waals surface area contributed by atoms with Crippen LogP contribution >= 0.6 is 23.4 Å². The molecular formula is C12H16ClNS. The summed E-state index contributed by atoms with van der Waals surface area (Å²) in [6.07, 6.45) is 2.61. The fourth-order valence-electron chi connectivity index (χ4n) is 1.80. The Hall–Kier alpha value is -0.180. The normalized spacial score (nSPS) is 21.6. The van der Waals surface area contributed by atoms with Crippen LogP contribution < -0.4 is 5.32 Å². The monoisotopic (exact) mass is 241 g/mol. The molecule has 0 aliphatic carbocycles. The van der Waals surface area contributed by atoms with Gasteiger partial charge in [-0.15, -0.1) is 11.8 Å². The van der Waals surface area contributed by atoms with E-state index >= 15 is 0 Å². The lowest BCUT2D eigenvalue weighted by Crippen LogP contribution is -2.31. The largest absolute Gasteiger partial charge is 0.316 e. The van der Waals surface area contributed by atoms with Crippen LogP contribution in [0.2, 0.25) is 5.02 Å². The van der Waals surface area contributed by atoms with E-state index in [-0.39, 0.29) is 0 Å². The molecule has 1 unspecified atom stereocenters.